The quantitative estimate of drug-likeness (QED) is 0.434. The van der Waals surface area contributed by atoms with Crippen molar-refractivity contribution in [2.24, 2.45) is 0 Å². The second-order valence-electron chi connectivity index (χ2n) is 8.99. The van der Waals surface area contributed by atoms with E-state index in [4.69, 9.17) is 19.3 Å². The van der Waals surface area contributed by atoms with Gasteiger partial charge in [0, 0.05) is 16.5 Å². The number of benzene rings is 3. The molecule has 2 heterocycles. The molecule has 0 aliphatic carbocycles. The molecule has 4 nitrogen and oxygen atoms in total. The van der Waals surface area contributed by atoms with E-state index in [1.165, 1.54) is 0 Å². The summed E-state index contributed by atoms with van der Waals surface area (Å²) in [5, 5.41) is 1.02. The van der Waals surface area contributed by atoms with Crippen LogP contribution in [0.3, 0.4) is 0 Å². The van der Waals surface area contributed by atoms with Crippen molar-refractivity contribution in [3.63, 3.8) is 0 Å². The SMILES string of the molecule is CC1(C)OB(c2cccc(-c3nc(-c4ccccc4)nc4ccccc34)c2)OC1(C)C. The molecule has 0 atom stereocenters. The van der Waals surface area contributed by atoms with Gasteiger partial charge in [-0.3, -0.25) is 0 Å². The highest BCUT2D eigenvalue weighted by molar-refractivity contribution is 6.62. The van der Waals surface area contributed by atoms with E-state index in [9.17, 15) is 0 Å². The molecule has 0 saturated carbocycles. The number of nitrogens with zero attached hydrogens (tertiary/aromatic N) is 2. The van der Waals surface area contributed by atoms with E-state index in [-0.39, 0.29) is 11.2 Å². The number of hydrogen-bond acceptors (Lipinski definition) is 4. The van der Waals surface area contributed by atoms with Crippen LogP contribution in [0.2, 0.25) is 0 Å². The van der Waals surface area contributed by atoms with Crippen LogP contribution in [0.15, 0.2) is 78.9 Å². The van der Waals surface area contributed by atoms with E-state index < -0.39 is 7.12 Å². The van der Waals surface area contributed by atoms with E-state index in [0.29, 0.717) is 0 Å². The van der Waals surface area contributed by atoms with E-state index in [1.54, 1.807) is 0 Å². The van der Waals surface area contributed by atoms with Crippen LogP contribution in [-0.2, 0) is 9.31 Å². The standard InChI is InChI=1S/C26H25BN2O2/c1-25(2)26(3,4)31-27(30-25)20-14-10-13-19(17-20)23-21-15-8-9-16-22(21)28-24(29-23)18-11-6-5-7-12-18/h5-17H,1-4H3. The average molecular weight is 408 g/mol. The maximum atomic E-state index is 6.27. The third kappa shape index (κ3) is 3.54. The Morgan fingerprint density at radius 2 is 1.32 bits per heavy atom. The Hall–Kier alpha value is -3.02. The monoisotopic (exact) mass is 408 g/mol. The number of aromatic nitrogens is 2. The number of para-hydroxylation sites is 1. The number of hydrogen-bond donors (Lipinski definition) is 0. The van der Waals surface area contributed by atoms with Gasteiger partial charge in [0.25, 0.3) is 0 Å². The second kappa shape index (κ2) is 7.29. The molecule has 1 aliphatic heterocycles. The molecule has 4 aromatic rings. The minimum Gasteiger partial charge on any atom is -0.399 e. The van der Waals surface area contributed by atoms with Crippen LogP contribution >= 0.6 is 0 Å². The van der Waals surface area contributed by atoms with Crippen molar-refractivity contribution in [2.75, 3.05) is 0 Å². The van der Waals surface area contributed by atoms with Crippen LogP contribution in [0.25, 0.3) is 33.5 Å². The molecule has 1 saturated heterocycles. The van der Waals surface area contributed by atoms with Gasteiger partial charge in [-0.15, -0.1) is 0 Å². The number of fused-ring (bicyclic) bond motifs is 1. The molecule has 1 aliphatic rings. The van der Waals surface area contributed by atoms with E-state index in [2.05, 4.69) is 45.9 Å². The molecule has 0 bridgehead atoms. The zero-order chi connectivity index (χ0) is 21.6. The molecule has 0 amide bonds. The third-order valence-corrected chi connectivity index (χ3v) is 6.32. The van der Waals surface area contributed by atoms with Crippen LogP contribution in [0.5, 0.6) is 0 Å². The molecular weight excluding hydrogens is 383 g/mol. The number of rotatable bonds is 3. The molecule has 5 rings (SSSR count). The Kier molecular flexibility index (Phi) is 4.69. The Balaban J connectivity index is 1.63. The van der Waals surface area contributed by atoms with Crippen molar-refractivity contribution in [1.82, 2.24) is 9.97 Å². The highest BCUT2D eigenvalue weighted by atomic mass is 16.7. The summed E-state index contributed by atoms with van der Waals surface area (Å²) in [6, 6.07) is 26.5. The van der Waals surface area contributed by atoms with Crippen LogP contribution in [0.1, 0.15) is 27.7 Å². The largest absolute Gasteiger partial charge is 0.494 e. The summed E-state index contributed by atoms with van der Waals surface area (Å²) in [7, 11) is -0.411. The molecule has 154 valence electrons. The lowest BCUT2D eigenvalue weighted by atomic mass is 9.78. The Morgan fingerprint density at radius 3 is 2.06 bits per heavy atom. The lowest BCUT2D eigenvalue weighted by molar-refractivity contribution is 0.00578. The molecule has 5 heteroatoms. The zero-order valence-electron chi connectivity index (χ0n) is 18.3. The van der Waals surface area contributed by atoms with Gasteiger partial charge in [0.2, 0.25) is 0 Å². The Labute approximate surface area is 183 Å². The van der Waals surface area contributed by atoms with Crippen molar-refractivity contribution >= 4 is 23.5 Å². The molecule has 0 unspecified atom stereocenters. The fourth-order valence-electron chi connectivity index (χ4n) is 3.82. The molecule has 1 aromatic heterocycles. The van der Waals surface area contributed by atoms with Crippen LogP contribution in [0, 0.1) is 0 Å². The average Bonchev–Trinajstić information content (AvgIpc) is 3.00. The van der Waals surface area contributed by atoms with Gasteiger partial charge >= 0.3 is 7.12 Å². The van der Waals surface area contributed by atoms with Gasteiger partial charge in [-0.25, -0.2) is 9.97 Å². The molecule has 0 radical (unpaired) electrons. The van der Waals surface area contributed by atoms with Gasteiger partial charge in [0.05, 0.1) is 22.4 Å². The highest BCUT2D eigenvalue weighted by Gasteiger charge is 2.51. The van der Waals surface area contributed by atoms with Gasteiger partial charge < -0.3 is 9.31 Å². The van der Waals surface area contributed by atoms with Gasteiger partial charge in [0.1, 0.15) is 0 Å². The van der Waals surface area contributed by atoms with E-state index >= 15 is 0 Å². The summed E-state index contributed by atoms with van der Waals surface area (Å²) in [5.74, 6) is 0.718. The van der Waals surface area contributed by atoms with Crippen LogP contribution in [-0.4, -0.2) is 28.3 Å². The topological polar surface area (TPSA) is 44.2 Å². The van der Waals surface area contributed by atoms with E-state index in [0.717, 1.165) is 39.0 Å². The van der Waals surface area contributed by atoms with Gasteiger partial charge in [-0.2, -0.15) is 0 Å². The first kappa shape index (κ1) is 19.9. The molecule has 0 spiro atoms. The maximum Gasteiger partial charge on any atom is 0.494 e. The predicted molar refractivity (Wildman–Crippen MR) is 126 cm³/mol. The third-order valence-electron chi connectivity index (χ3n) is 6.32. The summed E-state index contributed by atoms with van der Waals surface area (Å²) in [6.07, 6.45) is 0. The first-order valence-electron chi connectivity index (χ1n) is 10.6. The van der Waals surface area contributed by atoms with Gasteiger partial charge in [-0.05, 0) is 39.2 Å². The second-order valence-corrected chi connectivity index (χ2v) is 8.99. The van der Waals surface area contributed by atoms with E-state index in [1.807, 2.05) is 60.7 Å². The fraction of sp³-hybridized carbons (Fsp3) is 0.231. The lowest BCUT2D eigenvalue weighted by Gasteiger charge is -2.32. The van der Waals surface area contributed by atoms with Crippen molar-refractivity contribution < 1.29 is 9.31 Å². The zero-order valence-corrected chi connectivity index (χ0v) is 18.3. The first-order valence-corrected chi connectivity index (χ1v) is 10.6. The molecular formula is C26H25BN2O2. The smallest absolute Gasteiger partial charge is 0.399 e. The summed E-state index contributed by atoms with van der Waals surface area (Å²) in [5.41, 5.74) is 4.07. The predicted octanol–water partition coefficient (Wildman–Crippen LogP) is 5.26. The van der Waals surface area contributed by atoms with Crippen molar-refractivity contribution in [3.05, 3.63) is 78.9 Å². The minimum atomic E-state index is -0.411. The van der Waals surface area contributed by atoms with Gasteiger partial charge in [0.15, 0.2) is 5.82 Å². The summed E-state index contributed by atoms with van der Waals surface area (Å²) >= 11 is 0. The van der Waals surface area contributed by atoms with Crippen LogP contribution in [0.4, 0.5) is 0 Å². The summed E-state index contributed by atoms with van der Waals surface area (Å²) in [6.45, 7) is 8.28. The van der Waals surface area contributed by atoms with Crippen LogP contribution < -0.4 is 5.46 Å². The Morgan fingerprint density at radius 1 is 0.677 bits per heavy atom. The van der Waals surface area contributed by atoms with Crippen molar-refractivity contribution in [3.8, 4) is 22.6 Å². The molecule has 1 fully saturated rings. The minimum absolute atomic E-state index is 0.379. The maximum absolute atomic E-state index is 6.27. The fourth-order valence-corrected chi connectivity index (χ4v) is 3.82. The molecule has 3 aromatic carbocycles. The lowest BCUT2D eigenvalue weighted by Crippen LogP contribution is -2.41. The van der Waals surface area contributed by atoms with Crippen molar-refractivity contribution in [1.29, 1.82) is 0 Å². The normalized spacial score (nSPS) is 17.2. The highest BCUT2D eigenvalue weighted by Crippen LogP contribution is 2.37. The van der Waals surface area contributed by atoms with Crippen molar-refractivity contribution in [2.45, 2.75) is 38.9 Å². The Bertz CT molecular complexity index is 1240. The first-order chi connectivity index (χ1) is 14.8. The summed E-state index contributed by atoms with van der Waals surface area (Å²) < 4.78 is 12.5. The molecule has 0 N–H and O–H groups in total. The molecule has 31 heavy (non-hydrogen) atoms. The summed E-state index contributed by atoms with van der Waals surface area (Å²) in [4.78, 5) is 9.78. The van der Waals surface area contributed by atoms with Gasteiger partial charge in [-0.1, -0.05) is 72.8 Å².